The summed E-state index contributed by atoms with van der Waals surface area (Å²) >= 11 is 3.83. The van der Waals surface area contributed by atoms with Crippen LogP contribution in [-0.4, -0.2) is 8.07 Å². The van der Waals surface area contributed by atoms with Crippen molar-refractivity contribution in [2.45, 2.75) is 19.3 Å². The maximum absolute atomic E-state index is 3.83. The van der Waals surface area contributed by atoms with Crippen LogP contribution in [-0.2, 0) is 5.41 Å². The Kier molecular flexibility index (Phi) is 7.75. The highest BCUT2D eigenvalue weighted by Gasteiger charge is 2.42. The molecule has 0 aromatic heterocycles. The fourth-order valence-corrected chi connectivity index (χ4v) is 13.3. The molecule has 232 valence electrons. The van der Waals surface area contributed by atoms with E-state index < -0.39 is 8.07 Å². The van der Waals surface area contributed by atoms with E-state index in [1.807, 2.05) is 0 Å². The van der Waals surface area contributed by atoms with Gasteiger partial charge in [0.05, 0.1) is 0 Å². The van der Waals surface area contributed by atoms with Gasteiger partial charge in [-0.05, 0) is 91.5 Å². The molecule has 0 amide bonds. The molecule has 0 N–H and O–H groups in total. The van der Waals surface area contributed by atoms with E-state index in [1.165, 1.54) is 43.0 Å². The normalized spacial score (nSPS) is 13.1. The van der Waals surface area contributed by atoms with Crippen LogP contribution in [0.15, 0.2) is 186 Å². The fraction of sp³-hybridized carbons (Fsp3) is 0.0667. The first-order valence-corrected chi connectivity index (χ1v) is 19.3. The molecule has 48 heavy (non-hydrogen) atoms. The highest BCUT2D eigenvalue weighted by atomic mass is 79.9. The molecule has 1 nitrogen and oxygen atoms in total. The minimum Gasteiger partial charge on any atom is -0.310 e. The molecule has 0 atom stereocenters. The Bertz CT molecular complexity index is 2190. The lowest BCUT2D eigenvalue weighted by molar-refractivity contribution is 0.660. The molecule has 1 aliphatic carbocycles. The molecule has 7 aromatic rings. The largest absolute Gasteiger partial charge is 0.310 e. The van der Waals surface area contributed by atoms with Crippen molar-refractivity contribution in [2.75, 3.05) is 4.90 Å². The van der Waals surface area contributed by atoms with E-state index in [-0.39, 0.29) is 5.41 Å². The summed E-state index contributed by atoms with van der Waals surface area (Å²) in [5.74, 6) is 0. The third-order valence-electron chi connectivity index (χ3n) is 10.0. The molecule has 0 radical (unpaired) electrons. The highest BCUT2D eigenvalue weighted by Crippen LogP contribution is 2.50. The first-order chi connectivity index (χ1) is 23.5. The van der Waals surface area contributed by atoms with Crippen molar-refractivity contribution in [3.8, 4) is 11.1 Å². The third-order valence-corrected chi connectivity index (χ3v) is 15.3. The Labute approximate surface area is 293 Å². The van der Waals surface area contributed by atoms with Crippen molar-refractivity contribution >= 4 is 61.8 Å². The lowest BCUT2D eigenvalue weighted by Crippen LogP contribution is -2.74. The molecule has 1 aliphatic rings. The van der Waals surface area contributed by atoms with Crippen molar-refractivity contribution in [1.82, 2.24) is 0 Å². The second-order valence-corrected chi connectivity index (χ2v) is 17.8. The van der Waals surface area contributed by atoms with Gasteiger partial charge in [0.1, 0.15) is 0 Å². The minimum absolute atomic E-state index is 0.0392. The number of nitrogens with zero attached hydrogens (tertiary/aromatic N) is 1. The molecule has 0 heterocycles. The van der Waals surface area contributed by atoms with Gasteiger partial charge in [-0.1, -0.05) is 163 Å². The zero-order valence-corrected chi connectivity index (χ0v) is 29.7. The molecule has 0 unspecified atom stereocenters. The molecule has 0 spiro atoms. The predicted octanol–water partition coefficient (Wildman–Crippen LogP) is 9.60. The van der Waals surface area contributed by atoms with E-state index in [0.717, 1.165) is 21.5 Å². The summed E-state index contributed by atoms with van der Waals surface area (Å²) in [6.45, 7) is 4.68. The Morgan fingerprint density at radius 2 is 0.917 bits per heavy atom. The van der Waals surface area contributed by atoms with Crippen LogP contribution in [0.1, 0.15) is 25.0 Å². The molecule has 0 saturated carbocycles. The van der Waals surface area contributed by atoms with E-state index >= 15 is 0 Å². The van der Waals surface area contributed by atoms with Crippen LogP contribution >= 0.6 is 15.9 Å². The average Bonchev–Trinajstić information content (AvgIpc) is 3.36. The second-order valence-electron chi connectivity index (χ2n) is 13.1. The number of halogens is 1. The summed E-state index contributed by atoms with van der Waals surface area (Å²) in [5.41, 5.74) is 8.80. The van der Waals surface area contributed by atoms with Gasteiger partial charge in [0.2, 0.25) is 0 Å². The molecule has 3 heteroatoms. The maximum atomic E-state index is 3.83. The Balaban J connectivity index is 1.38. The van der Waals surface area contributed by atoms with Crippen LogP contribution in [0.3, 0.4) is 0 Å². The van der Waals surface area contributed by atoms with Crippen molar-refractivity contribution < 1.29 is 0 Å². The van der Waals surface area contributed by atoms with Gasteiger partial charge in [-0.25, -0.2) is 0 Å². The Hall–Kier alpha value is -4.96. The quantitative estimate of drug-likeness (QED) is 0.118. The second kappa shape index (κ2) is 12.2. The number of benzene rings is 7. The monoisotopic (exact) mass is 697 g/mol. The average molecular weight is 699 g/mol. The van der Waals surface area contributed by atoms with Crippen LogP contribution in [0.4, 0.5) is 17.1 Å². The molecule has 8 rings (SSSR count). The Morgan fingerprint density at radius 1 is 0.417 bits per heavy atom. The number of hydrogen-bond acceptors (Lipinski definition) is 1. The van der Waals surface area contributed by atoms with Gasteiger partial charge in [0.15, 0.2) is 8.07 Å². The zero-order chi connectivity index (χ0) is 32.7. The van der Waals surface area contributed by atoms with Gasteiger partial charge >= 0.3 is 0 Å². The van der Waals surface area contributed by atoms with Crippen molar-refractivity contribution in [1.29, 1.82) is 0 Å². The molecular formula is C45H36BrNSi. The van der Waals surface area contributed by atoms with E-state index in [9.17, 15) is 0 Å². The van der Waals surface area contributed by atoms with Crippen LogP contribution in [0.2, 0.25) is 0 Å². The lowest BCUT2D eigenvalue weighted by Gasteiger charge is -2.35. The summed E-state index contributed by atoms with van der Waals surface area (Å²) < 4.78 is 1.09. The number of rotatable bonds is 7. The summed E-state index contributed by atoms with van der Waals surface area (Å²) in [5, 5.41) is 5.39. The van der Waals surface area contributed by atoms with Gasteiger partial charge < -0.3 is 4.90 Å². The number of para-hydroxylation sites is 1. The summed E-state index contributed by atoms with van der Waals surface area (Å²) in [6, 6.07) is 67.2. The molecule has 7 aromatic carbocycles. The van der Waals surface area contributed by atoms with Gasteiger partial charge in [-0.3, -0.25) is 0 Å². The summed E-state index contributed by atoms with van der Waals surface area (Å²) in [6.07, 6.45) is 0. The zero-order valence-electron chi connectivity index (χ0n) is 27.1. The van der Waals surface area contributed by atoms with E-state index in [4.69, 9.17) is 0 Å². The van der Waals surface area contributed by atoms with Gasteiger partial charge in [-0.2, -0.15) is 0 Å². The van der Waals surface area contributed by atoms with Crippen LogP contribution in [0, 0.1) is 0 Å². The maximum Gasteiger partial charge on any atom is 0.179 e. The van der Waals surface area contributed by atoms with Crippen LogP contribution < -0.4 is 25.6 Å². The third kappa shape index (κ3) is 4.97. The first-order valence-electron chi connectivity index (χ1n) is 16.5. The lowest BCUT2D eigenvalue weighted by atomic mass is 9.82. The molecular weight excluding hydrogens is 662 g/mol. The van der Waals surface area contributed by atoms with Crippen molar-refractivity contribution in [3.63, 3.8) is 0 Å². The van der Waals surface area contributed by atoms with Crippen molar-refractivity contribution in [3.05, 3.63) is 198 Å². The van der Waals surface area contributed by atoms with Crippen LogP contribution in [0.5, 0.6) is 0 Å². The summed E-state index contributed by atoms with van der Waals surface area (Å²) in [4.78, 5) is 2.42. The standard InChI is InChI=1S/C45H36BrNSi/c1-45(2)43-27-13-12-26-41(43)42-32-36(28-29-44(42)45)47(34-17-6-3-7-18-34)35-19-15-25-40(31-35)48(37-20-8-4-9-21-37,38-22-10-5-11-23-38)39-24-14-16-33(46)30-39/h3-32H,1-2H3. The van der Waals surface area contributed by atoms with Crippen LogP contribution in [0.25, 0.3) is 11.1 Å². The number of hydrogen-bond donors (Lipinski definition) is 0. The first kappa shape index (κ1) is 30.4. The number of anilines is 3. The van der Waals surface area contributed by atoms with E-state index in [0.29, 0.717) is 0 Å². The highest BCUT2D eigenvalue weighted by molar-refractivity contribution is 9.10. The fourth-order valence-electron chi connectivity index (χ4n) is 7.85. The van der Waals surface area contributed by atoms with Gasteiger partial charge in [0, 0.05) is 26.9 Å². The van der Waals surface area contributed by atoms with E-state index in [1.54, 1.807) is 0 Å². The van der Waals surface area contributed by atoms with Crippen molar-refractivity contribution in [2.24, 2.45) is 0 Å². The smallest absolute Gasteiger partial charge is 0.179 e. The summed E-state index contributed by atoms with van der Waals surface area (Å²) in [7, 11) is -2.75. The SMILES string of the molecule is CC1(C)c2ccccc2-c2cc(N(c3ccccc3)c3cccc([Si](c4ccccc4)(c4ccccc4)c4cccc(Br)c4)c3)ccc21. The topological polar surface area (TPSA) is 3.24 Å². The minimum atomic E-state index is -2.75. The molecule has 0 aliphatic heterocycles. The van der Waals surface area contributed by atoms with Gasteiger partial charge in [0.25, 0.3) is 0 Å². The molecule has 0 fully saturated rings. The number of fused-ring (bicyclic) bond motifs is 3. The van der Waals surface area contributed by atoms with E-state index in [2.05, 4.69) is 217 Å². The predicted molar refractivity (Wildman–Crippen MR) is 210 cm³/mol. The Morgan fingerprint density at radius 3 is 1.58 bits per heavy atom. The molecule has 0 saturated heterocycles. The van der Waals surface area contributed by atoms with Gasteiger partial charge in [-0.15, -0.1) is 0 Å². The molecule has 0 bridgehead atoms.